The minimum atomic E-state index is 0.545. The lowest BCUT2D eigenvalue weighted by Gasteiger charge is -2.00. The van der Waals surface area contributed by atoms with E-state index in [9.17, 15) is 0 Å². The van der Waals surface area contributed by atoms with Crippen LogP contribution in [0.1, 0.15) is 16.3 Å². The first kappa shape index (κ1) is 20.9. The van der Waals surface area contributed by atoms with Gasteiger partial charge in [-0.15, -0.1) is 21.5 Å². The molecule has 0 bridgehead atoms. The minimum Gasteiger partial charge on any atom is -0.416 e. The first-order valence-electron chi connectivity index (χ1n) is 10.0. The summed E-state index contributed by atoms with van der Waals surface area (Å²) >= 11 is 9.14. The van der Waals surface area contributed by atoms with Crippen molar-refractivity contribution in [2.45, 2.75) is 17.4 Å². The van der Waals surface area contributed by atoms with Crippen LogP contribution in [0.5, 0.6) is 0 Å². The third-order valence-corrected chi connectivity index (χ3v) is 7.05. The molecule has 4 nitrogen and oxygen atoms in total. The predicted octanol–water partition coefficient (Wildman–Crippen LogP) is 7.40. The highest BCUT2D eigenvalue weighted by atomic mass is 35.5. The summed E-state index contributed by atoms with van der Waals surface area (Å²) in [4.78, 5) is 6.05. The molecular weight excluding hydrogens is 458 g/mol. The van der Waals surface area contributed by atoms with E-state index in [0.29, 0.717) is 17.5 Å². The van der Waals surface area contributed by atoms with Crippen LogP contribution in [0.4, 0.5) is 0 Å². The molecule has 5 rings (SSSR count). The van der Waals surface area contributed by atoms with Crippen molar-refractivity contribution in [2.24, 2.45) is 0 Å². The first-order chi connectivity index (χ1) is 15.7. The molecule has 0 aliphatic carbocycles. The number of hydrogen-bond acceptors (Lipinski definition) is 6. The second-order valence-electron chi connectivity index (χ2n) is 7.08. The van der Waals surface area contributed by atoms with Crippen LogP contribution >= 0.6 is 34.7 Å². The maximum absolute atomic E-state index is 5.96. The van der Waals surface area contributed by atoms with Crippen molar-refractivity contribution in [3.8, 4) is 21.8 Å². The lowest BCUT2D eigenvalue weighted by atomic mass is 10.1. The minimum absolute atomic E-state index is 0.545. The number of thiazole rings is 1. The van der Waals surface area contributed by atoms with E-state index in [0.717, 1.165) is 43.0 Å². The molecule has 5 aromatic rings. The van der Waals surface area contributed by atoms with E-state index >= 15 is 0 Å². The fraction of sp³-hybridized carbons (Fsp3) is 0.0800. The van der Waals surface area contributed by atoms with E-state index in [1.165, 1.54) is 11.8 Å². The van der Waals surface area contributed by atoms with Crippen LogP contribution in [0.25, 0.3) is 21.8 Å². The lowest BCUT2D eigenvalue weighted by molar-refractivity contribution is 0.421. The van der Waals surface area contributed by atoms with Gasteiger partial charge in [-0.2, -0.15) is 0 Å². The van der Waals surface area contributed by atoms with E-state index in [1.54, 1.807) is 11.3 Å². The molecule has 0 fully saturated rings. The Bertz CT molecular complexity index is 1300. The van der Waals surface area contributed by atoms with Gasteiger partial charge in [0, 0.05) is 26.8 Å². The highest BCUT2D eigenvalue weighted by Crippen LogP contribution is 2.35. The van der Waals surface area contributed by atoms with Gasteiger partial charge < -0.3 is 4.42 Å². The topological polar surface area (TPSA) is 51.8 Å². The highest BCUT2D eigenvalue weighted by molar-refractivity contribution is 7.98. The van der Waals surface area contributed by atoms with Gasteiger partial charge in [0.2, 0.25) is 5.89 Å². The van der Waals surface area contributed by atoms with Gasteiger partial charge in [-0.25, -0.2) is 4.98 Å². The molecule has 32 heavy (non-hydrogen) atoms. The fourth-order valence-corrected chi connectivity index (χ4v) is 5.17. The van der Waals surface area contributed by atoms with Crippen molar-refractivity contribution < 1.29 is 4.42 Å². The third-order valence-electron chi connectivity index (χ3n) is 4.80. The Morgan fingerprint density at radius 1 is 0.812 bits per heavy atom. The molecular formula is C25H18ClN3OS2. The van der Waals surface area contributed by atoms with Crippen LogP contribution in [-0.4, -0.2) is 15.2 Å². The van der Waals surface area contributed by atoms with Gasteiger partial charge in [0.25, 0.3) is 5.22 Å². The van der Waals surface area contributed by atoms with Gasteiger partial charge in [0.05, 0.1) is 12.1 Å². The average molecular weight is 476 g/mol. The summed E-state index contributed by atoms with van der Waals surface area (Å²) in [5.74, 6) is 1.33. The zero-order valence-corrected chi connectivity index (χ0v) is 19.3. The zero-order chi connectivity index (χ0) is 21.8. The van der Waals surface area contributed by atoms with Gasteiger partial charge in [0.15, 0.2) is 0 Å². The fourth-order valence-electron chi connectivity index (χ4n) is 3.23. The number of rotatable bonds is 7. The normalized spacial score (nSPS) is 11.0. The molecule has 0 unspecified atom stereocenters. The number of hydrogen-bond donors (Lipinski definition) is 0. The molecule has 0 atom stereocenters. The van der Waals surface area contributed by atoms with Gasteiger partial charge in [-0.3, -0.25) is 0 Å². The summed E-state index contributed by atoms with van der Waals surface area (Å²) in [6.07, 6.45) is 0.545. The van der Waals surface area contributed by atoms with Crippen LogP contribution in [0.2, 0.25) is 5.02 Å². The van der Waals surface area contributed by atoms with E-state index in [-0.39, 0.29) is 0 Å². The van der Waals surface area contributed by atoms with E-state index in [2.05, 4.69) is 34.5 Å². The maximum Gasteiger partial charge on any atom is 0.276 e. The summed E-state index contributed by atoms with van der Waals surface area (Å²) in [7, 11) is 0. The molecule has 2 aromatic heterocycles. The molecule has 0 N–H and O–H groups in total. The molecule has 0 aliphatic rings. The standard InChI is InChI=1S/C25H18ClN3OS2/c26-20-13-11-17(12-14-20)16-31-25-29-28-22(30-25)15-21-23(18-7-3-1-4-8-18)27-24(32-21)19-9-5-2-6-10-19/h1-14H,15-16H2. The molecule has 7 heteroatoms. The van der Waals surface area contributed by atoms with Crippen LogP contribution in [-0.2, 0) is 12.2 Å². The third kappa shape index (κ3) is 4.93. The number of benzene rings is 3. The van der Waals surface area contributed by atoms with Crippen LogP contribution in [0.3, 0.4) is 0 Å². The van der Waals surface area contributed by atoms with Gasteiger partial charge in [-0.05, 0) is 17.7 Å². The quantitative estimate of drug-likeness (QED) is 0.229. The molecule has 0 saturated carbocycles. The molecule has 0 aliphatic heterocycles. The average Bonchev–Trinajstić information content (AvgIpc) is 3.47. The van der Waals surface area contributed by atoms with Crippen molar-refractivity contribution in [3.63, 3.8) is 0 Å². The number of thioether (sulfide) groups is 1. The molecule has 0 spiro atoms. The zero-order valence-electron chi connectivity index (χ0n) is 16.9. The Morgan fingerprint density at radius 2 is 1.50 bits per heavy atom. The summed E-state index contributed by atoms with van der Waals surface area (Å²) < 4.78 is 5.93. The predicted molar refractivity (Wildman–Crippen MR) is 131 cm³/mol. The second kappa shape index (κ2) is 9.69. The van der Waals surface area contributed by atoms with Gasteiger partial charge in [-0.1, -0.05) is 96.2 Å². The summed E-state index contributed by atoms with van der Waals surface area (Å²) in [5, 5.41) is 10.8. The van der Waals surface area contributed by atoms with Crippen molar-refractivity contribution in [3.05, 3.63) is 106 Å². The van der Waals surface area contributed by atoms with Gasteiger partial charge >= 0.3 is 0 Å². The molecule has 158 valence electrons. The Morgan fingerprint density at radius 3 is 2.22 bits per heavy atom. The van der Waals surface area contributed by atoms with Gasteiger partial charge in [0.1, 0.15) is 5.01 Å². The second-order valence-corrected chi connectivity index (χ2v) is 9.52. The molecule has 0 radical (unpaired) electrons. The number of nitrogens with zero attached hydrogens (tertiary/aromatic N) is 3. The monoisotopic (exact) mass is 475 g/mol. The highest BCUT2D eigenvalue weighted by Gasteiger charge is 2.17. The van der Waals surface area contributed by atoms with Crippen molar-refractivity contribution in [2.75, 3.05) is 0 Å². The SMILES string of the molecule is Clc1ccc(CSc2nnc(Cc3sc(-c4ccccc4)nc3-c3ccccc3)o2)cc1. The largest absolute Gasteiger partial charge is 0.416 e. The van der Waals surface area contributed by atoms with E-state index in [4.69, 9.17) is 21.0 Å². The number of aromatic nitrogens is 3. The summed E-state index contributed by atoms with van der Waals surface area (Å²) in [6, 6.07) is 28.2. The van der Waals surface area contributed by atoms with Crippen molar-refractivity contribution in [1.82, 2.24) is 15.2 Å². The Balaban J connectivity index is 1.37. The van der Waals surface area contributed by atoms with Crippen molar-refractivity contribution >= 4 is 34.7 Å². The smallest absolute Gasteiger partial charge is 0.276 e. The van der Waals surface area contributed by atoms with E-state index < -0.39 is 0 Å². The van der Waals surface area contributed by atoms with E-state index in [1.807, 2.05) is 60.7 Å². The van der Waals surface area contributed by atoms with Crippen LogP contribution in [0.15, 0.2) is 94.6 Å². The van der Waals surface area contributed by atoms with Crippen LogP contribution in [0, 0.1) is 0 Å². The summed E-state index contributed by atoms with van der Waals surface area (Å²) in [5.41, 5.74) is 4.30. The Labute approximate surface area is 199 Å². The Kier molecular flexibility index (Phi) is 6.34. The maximum atomic E-state index is 5.96. The molecule has 0 amide bonds. The Hall–Kier alpha value is -2.93. The molecule has 3 aromatic carbocycles. The van der Waals surface area contributed by atoms with Crippen molar-refractivity contribution in [1.29, 1.82) is 0 Å². The number of halogens is 1. The molecule has 0 saturated heterocycles. The first-order valence-corrected chi connectivity index (χ1v) is 12.2. The molecule has 2 heterocycles. The lowest BCUT2D eigenvalue weighted by Crippen LogP contribution is -1.89. The van der Waals surface area contributed by atoms with Crippen LogP contribution < -0.4 is 0 Å². The summed E-state index contributed by atoms with van der Waals surface area (Å²) in [6.45, 7) is 0.